The van der Waals surface area contributed by atoms with Crippen LogP contribution in [0.3, 0.4) is 0 Å². The average molecular weight is 159 g/mol. The molecule has 0 unspecified atom stereocenters. The Kier molecular flexibility index (Phi) is 2.56. The fourth-order valence-corrected chi connectivity index (χ4v) is 1.01. The highest BCUT2D eigenvalue weighted by Crippen LogP contribution is 2.24. The molecule has 0 aliphatic carbocycles. The predicted molar refractivity (Wildman–Crippen MR) is 52.9 cm³/mol. The molecule has 0 saturated carbocycles. The molecule has 2 heteroatoms. The maximum absolute atomic E-state index is 5.50. The number of hydrogen-bond acceptors (Lipinski definition) is 1. The van der Waals surface area contributed by atoms with E-state index in [4.69, 9.17) is 7.85 Å². The summed E-state index contributed by atoms with van der Waals surface area (Å²) >= 11 is 0. The third-order valence-electron chi connectivity index (χ3n) is 2.45. The van der Waals surface area contributed by atoms with E-state index in [0.717, 1.165) is 6.42 Å². The quantitative estimate of drug-likeness (QED) is 0.596. The first-order chi connectivity index (χ1) is 5.56. The van der Waals surface area contributed by atoms with Crippen molar-refractivity contribution < 1.29 is 0 Å². The molecular weight excluding hydrogens is 145 g/mol. The number of pyridine rings is 1. The van der Waals surface area contributed by atoms with Crippen molar-refractivity contribution in [3.05, 3.63) is 23.9 Å². The zero-order chi connectivity index (χ0) is 9.19. The van der Waals surface area contributed by atoms with E-state index in [0.29, 0.717) is 5.59 Å². The first-order valence-corrected chi connectivity index (χ1v) is 4.28. The van der Waals surface area contributed by atoms with Crippen molar-refractivity contribution in [3.8, 4) is 0 Å². The third-order valence-corrected chi connectivity index (χ3v) is 2.45. The zero-order valence-corrected chi connectivity index (χ0v) is 7.96. The summed E-state index contributed by atoms with van der Waals surface area (Å²) in [5.74, 6) is 0. The van der Waals surface area contributed by atoms with Crippen LogP contribution in [0.2, 0.25) is 0 Å². The normalized spacial score (nSPS) is 11.6. The fraction of sp³-hybridized carbons (Fsp3) is 0.500. The van der Waals surface area contributed by atoms with E-state index in [2.05, 4.69) is 25.8 Å². The van der Waals surface area contributed by atoms with Crippen molar-refractivity contribution in [1.82, 2.24) is 4.98 Å². The van der Waals surface area contributed by atoms with Gasteiger partial charge in [0.1, 0.15) is 7.85 Å². The van der Waals surface area contributed by atoms with Gasteiger partial charge in [-0.3, -0.25) is 4.98 Å². The summed E-state index contributed by atoms with van der Waals surface area (Å²) in [4.78, 5) is 4.07. The topological polar surface area (TPSA) is 12.9 Å². The van der Waals surface area contributed by atoms with Crippen LogP contribution in [0.4, 0.5) is 0 Å². The average Bonchev–Trinajstić information content (AvgIpc) is 2.05. The Morgan fingerprint density at radius 1 is 1.42 bits per heavy atom. The van der Waals surface area contributed by atoms with Gasteiger partial charge in [0.25, 0.3) is 0 Å². The summed E-state index contributed by atoms with van der Waals surface area (Å²) < 4.78 is 0. The molecule has 12 heavy (non-hydrogen) atoms. The molecule has 0 atom stereocenters. The van der Waals surface area contributed by atoms with Crippen molar-refractivity contribution in [1.29, 1.82) is 0 Å². The minimum Gasteiger partial charge on any atom is -0.273 e. The Bertz CT molecular complexity index is 251. The largest absolute Gasteiger partial charge is 0.273 e. The second-order valence-electron chi connectivity index (χ2n) is 3.71. The maximum atomic E-state index is 5.50. The van der Waals surface area contributed by atoms with Crippen LogP contribution in [0.1, 0.15) is 32.8 Å². The molecule has 1 nitrogen and oxygen atoms in total. The van der Waals surface area contributed by atoms with E-state index >= 15 is 0 Å². The summed E-state index contributed by atoms with van der Waals surface area (Å²) in [5.41, 5.74) is 2.05. The van der Waals surface area contributed by atoms with E-state index in [1.165, 1.54) is 5.56 Å². The minimum atomic E-state index is 0.209. The summed E-state index contributed by atoms with van der Waals surface area (Å²) in [6.45, 7) is 6.59. The molecule has 62 valence electrons. The molecule has 0 aliphatic heterocycles. The SMILES string of the molecule is [B]c1ccc(C(C)(C)CC)cn1. The Morgan fingerprint density at radius 3 is 2.50 bits per heavy atom. The third kappa shape index (κ3) is 1.87. The zero-order valence-electron chi connectivity index (χ0n) is 7.96. The summed E-state index contributed by atoms with van der Waals surface area (Å²) in [5, 5.41) is 0. The number of hydrogen-bond donors (Lipinski definition) is 0. The van der Waals surface area contributed by atoms with Crippen LogP contribution >= 0.6 is 0 Å². The first kappa shape index (κ1) is 9.30. The molecule has 2 radical (unpaired) electrons. The highest BCUT2D eigenvalue weighted by atomic mass is 14.6. The highest BCUT2D eigenvalue weighted by Gasteiger charge is 2.17. The van der Waals surface area contributed by atoms with E-state index < -0.39 is 0 Å². The lowest BCUT2D eigenvalue weighted by molar-refractivity contribution is 0.504. The molecule has 0 amide bonds. The van der Waals surface area contributed by atoms with Crippen molar-refractivity contribution in [2.75, 3.05) is 0 Å². The number of nitrogens with zero attached hydrogens (tertiary/aromatic N) is 1. The van der Waals surface area contributed by atoms with Gasteiger partial charge in [-0.05, 0) is 23.0 Å². The maximum Gasteiger partial charge on any atom is 0.141 e. The molecule has 1 aromatic heterocycles. The van der Waals surface area contributed by atoms with Gasteiger partial charge in [-0.1, -0.05) is 32.9 Å². The van der Waals surface area contributed by atoms with Gasteiger partial charge in [0, 0.05) is 6.20 Å². The molecule has 0 N–H and O–H groups in total. The van der Waals surface area contributed by atoms with E-state index in [9.17, 15) is 0 Å². The van der Waals surface area contributed by atoms with Crippen LogP contribution in [0.5, 0.6) is 0 Å². The Balaban J connectivity index is 2.96. The van der Waals surface area contributed by atoms with Crippen molar-refractivity contribution in [3.63, 3.8) is 0 Å². The van der Waals surface area contributed by atoms with Gasteiger partial charge >= 0.3 is 0 Å². The molecule has 1 aromatic rings. The molecule has 0 aliphatic rings. The first-order valence-electron chi connectivity index (χ1n) is 4.28. The van der Waals surface area contributed by atoms with Crippen LogP contribution in [-0.2, 0) is 5.41 Å². The predicted octanol–water partition coefficient (Wildman–Crippen LogP) is 1.56. The molecular formula is C10H14BN. The van der Waals surface area contributed by atoms with Crippen LogP contribution in [0, 0.1) is 0 Å². The molecule has 0 aromatic carbocycles. The minimum absolute atomic E-state index is 0.209. The van der Waals surface area contributed by atoms with Crippen molar-refractivity contribution in [2.45, 2.75) is 32.6 Å². The van der Waals surface area contributed by atoms with Gasteiger partial charge in [0.2, 0.25) is 0 Å². The second-order valence-corrected chi connectivity index (χ2v) is 3.71. The fourth-order valence-electron chi connectivity index (χ4n) is 1.01. The lowest BCUT2D eigenvalue weighted by atomic mass is 9.83. The van der Waals surface area contributed by atoms with Gasteiger partial charge in [-0.2, -0.15) is 0 Å². The Hall–Kier alpha value is -0.785. The van der Waals surface area contributed by atoms with E-state index in [1.54, 1.807) is 0 Å². The lowest BCUT2D eigenvalue weighted by Gasteiger charge is -2.22. The van der Waals surface area contributed by atoms with Gasteiger partial charge < -0.3 is 0 Å². The second kappa shape index (κ2) is 3.30. The Labute approximate surface area is 75.6 Å². The van der Waals surface area contributed by atoms with Crippen LogP contribution in [0.25, 0.3) is 0 Å². The molecule has 0 fully saturated rings. The van der Waals surface area contributed by atoms with Crippen LogP contribution < -0.4 is 5.59 Å². The summed E-state index contributed by atoms with van der Waals surface area (Å²) in [6.07, 6.45) is 2.97. The van der Waals surface area contributed by atoms with Crippen LogP contribution in [-0.4, -0.2) is 12.8 Å². The number of aromatic nitrogens is 1. The van der Waals surface area contributed by atoms with Crippen LogP contribution in [0.15, 0.2) is 18.3 Å². The number of rotatable bonds is 2. The van der Waals surface area contributed by atoms with Gasteiger partial charge in [0.05, 0.1) is 0 Å². The molecule has 0 saturated heterocycles. The summed E-state index contributed by atoms with van der Waals surface area (Å²) in [6, 6.07) is 3.90. The molecule has 1 rings (SSSR count). The highest BCUT2D eigenvalue weighted by molar-refractivity contribution is 6.30. The van der Waals surface area contributed by atoms with Gasteiger partial charge in [0.15, 0.2) is 0 Å². The lowest BCUT2D eigenvalue weighted by Crippen LogP contribution is -2.18. The standard InChI is InChI=1S/C10H14BN/c1-4-10(2,3)8-5-6-9(11)12-7-8/h5-7H,4H2,1-3H3. The molecule has 1 heterocycles. The van der Waals surface area contributed by atoms with E-state index in [-0.39, 0.29) is 5.41 Å². The van der Waals surface area contributed by atoms with Gasteiger partial charge in [-0.25, -0.2) is 0 Å². The Morgan fingerprint density at radius 2 is 2.08 bits per heavy atom. The van der Waals surface area contributed by atoms with Crippen molar-refractivity contribution in [2.24, 2.45) is 0 Å². The van der Waals surface area contributed by atoms with Crippen molar-refractivity contribution >= 4 is 13.4 Å². The summed E-state index contributed by atoms with van der Waals surface area (Å²) in [7, 11) is 5.50. The molecule has 0 bridgehead atoms. The van der Waals surface area contributed by atoms with E-state index in [1.807, 2.05) is 18.3 Å². The smallest absolute Gasteiger partial charge is 0.141 e. The van der Waals surface area contributed by atoms with Gasteiger partial charge in [-0.15, -0.1) is 0 Å². The molecule has 0 spiro atoms. The monoisotopic (exact) mass is 159 g/mol.